The summed E-state index contributed by atoms with van der Waals surface area (Å²) in [6.07, 6.45) is 0.918. The van der Waals surface area contributed by atoms with Crippen molar-refractivity contribution in [3.63, 3.8) is 0 Å². The van der Waals surface area contributed by atoms with Crippen molar-refractivity contribution in [3.05, 3.63) is 69.8 Å². The molecule has 0 fully saturated rings. The minimum atomic E-state index is -4.43. The molecule has 37 heavy (non-hydrogen) atoms. The van der Waals surface area contributed by atoms with Crippen LogP contribution in [0.3, 0.4) is 0 Å². The van der Waals surface area contributed by atoms with Crippen LogP contribution in [0.5, 0.6) is 11.5 Å². The summed E-state index contributed by atoms with van der Waals surface area (Å²) < 4.78 is 39.3. The van der Waals surface area contributed by atoms with Gasteiger partial charge in [0, 0.05) is 22.3 Å². The van der Waals surface area contributed by atoms with Gasteiger partial charge in [-0.1, -0.05) is 13.2 Å². The second kappa shape index (κ2) is 11.5. The maximum absolute atomic E-state index is 14.1. The summed E-state index contributed by atoms with van der Waals surface area (Å²) in [6.45, 7) is 15.7. The molecular weight excluding hydrogens is 496 g/mol. The van der Waals surface area contributed by atoms with Crippen LogP contribution in [0.4, 0.5) is 0 Å². The van der Waals surface area contributed by atoms with E-state index in [4.69, 9.17) is 9.47 Å². The maximum atomic E-state index is 14.1. The minimum absolute atomic E-state index is 0.166. The Hall–Kier alpha value is -3.85. The second-order valence-electron chi connectivity index (χ2n) is 8.72. The first-order valence-electron chi connectivity index (χ1n) is 11.3. The molecule has 0 saturated carbocycles. The Morgan fingerprint density at radius 3 is 1.35 bits per heavy atom. The summed E-state index contributed by atoms with van der Waals surface area (Å²) in [5.41, 5.74) is 2.12. The van der Waals surface area contributed by atoms with Gasteiger partial charge in [-0.15, -0.1) is 0 Å². The molecule has 0 aliphatic carbocycles. The Kier molecular flexibility index (Phi) is 9.11. The van der Waals surface area contributed by atoms with E-state index in [-0.39, 0.29) is 66.3 Å². The number of hydrogen-bond donors (Lipinski definition) is 0. The van der Waals surface area contributed by atoms with E-state index in [2.05, 4.69) is 13.2 Å². The molecule has 2 aromatic carbocycles. The van der Waals surface area contributed by atoms with Crippen LogP contribution in [0.25, 0.3) is 0 Å². The first-order chi connectivity index (χ1) is 17.2. The van der Waals surface area contributed by atoms with Crippen LogP contribution in [0.2, 0.25) is 0 Å². The zero-order chi connectivity index (χ0) is 28.2. The van der Waals surface area contributed by atoms with Crippen molar-refractivity contribution in [2.45, 2.75) is 51.3 Å². The molecule has 0 N–H and O–H groups in total. The van der Waals surface area contributed by atoms with Gasteiger partial charge in [0.25, 0.3) is 0 Å². The smallest absolute Gasteiger partial charge is 0.213 e. The molecule has 0 unspecified atom stereocenters. The Bertz CT molecular complexity index is 1340. The van der Waals surface area contributed by atoms with Gasteiger partial charge in [-0.25, -0.2) is 8.42 Å². The van der Waals surface area contributed by atoms with E-state index in [0.717, 1.165) is 0 Å². The zero-order valence-electron chi connectivity index (χ0n) is 21.8. The average molecular weight is 527 g/mol. The second-order valence-corrected chi connectivity index (χ2v) is 10.6. The van der Waals surface area contributed by atoms with Gasteiger partial charge in [-0.3, -0.25) is 19.2 Å². The van der Waals surface area contributed by atoms with E-state index >= 15 is 0 Å². The molecule has 196 valence electrons. The van der Waals surface area contributed by atoms with Crippen LogP contribution < -0.4 is 9.47 Å². The van der Waals surface area contributed by atoms with Crippen molar-refractivity contribution in [2.75, 3.05) is 13.2 Å². The van der Waals surface area contributed by atoms with Crippen molar-refractivity contribution in [1.29, 1.82) is 0 Å². The highest BCUT2D eigenvalue weighted by Gasteiger charge is 2.33. The van der Waals surface area contributed by atoms with Crippen molar-refractivity contribution in [2.24, 2.45) is 0 Å². The first kappa shape index (κ1) is 29.4. The number of Topliss-reactive ketones (excluding diaryl/α,β-unsaturated/α-hetero) is 2. The van der Waals surface area contributed by atoms with Crippen LogP contribution in [0.1, 0.15) is 56.8 Å². The third-order valence-electron chi connectivity index (χ3n) is 5.76. The molecule has 0 spiro atoms. The number of hydrogen-bond acceptors (Lipinski definition) is 8. The number of ether oxygens (including phenoxy) is 2. The fourth-order valence-corrected chi connectivity index (χ4v) is 5.91. The highest BCUT2D eigenvalue weighted by atomic mass is 32.2. The van der Waals surface area contributed by atoms with Gasteiger partial charge >= 0.3 is 0 Å². The Labute approximate surface area is 216 Å². The summed E-state index contributed by atoms with van der Waals surface area (Å²) in [7, 11) is -4.43. The van der Waals surface area contributed by atoms with Crippen molar-refractivity contribution < 1.29 is 37.1 Å². The summed E-state index contributed by atoms with van der Waals surface area (Å²) in [4.78, 5) is 47.2. The summed E-state index contributed by atoms with van der Waals surface area (Å²) >= 11 is 0. The Balaban J connectivity index is 3.00. The third kappa shape index (κ3) is 5.61. The quantitative estimate of drug-likeness (QED) is 0.226. The monoisotopic (exact) mass is 526 g/mol. The Morgan fingerprint density at radius 2 is 1.08 bits per heavy atom. The van der Waals surface area contributed by atoms with Gasteiger partial charge < -0.3 is 9.47 Å². The maximum Gasteiger partial charge on any atom is 0.213 e. The fraction of sp³-hybridized carbons (Fsp3) is 0.286. The number of benzene rings is 2. The molecule has 9 heteroatoms. The molecule has 2 rings (SSSR count). The van der Waals surface area contributed by atoms with Crippen LogP contribution in [0, 0.1) is 27.7 Å². The van der Waals surface area contributed by atoms with Crippen LogP contribution in [-0.2, 0) is 19.4 Å². The van der Waals surface area contributed by atoms with Gasteiger partial charge in [0.1, 0.15) is 34.5 Å². The van der Waals surface area contributed by atoms with E-state index in [1.54, 1.807) is 13.8 Å². The van der Waals surface area contributed by atoms with E-state index in [1.165, 1.54) is 39.8 Å². The fourth-order valence-electron chi connectivity index (χ4n) is 4.09. The lowest BCUT2D eigenvalue weighted by molar-refractivity contribution is -0.110. The summed E-state index contributed by atoms with van der Waals surface area (Å²) in [6, 6.07) is 2.58. The molecule has 0 aliphatic heterocycles. The molecule has 0 saturated heterocycles. The third-order valence-corrected chi connectivity index (χ3v) is 7.53. The number of rotatable bonds is 12. The van der Waals surface area contributed by atoms with Crippen molar-refractivity contribution in [3.8, 4) is 11.5 Å². The van der Waals surface area contributed by atoms with Gasteiger partial charge in [0.2, 0.25) is 9.84 Å². The standard InChI is InChI=1S/C28H30O8S/c1-15(2)25(31)23-17(5)13-21(27(19(23)7)35-11-9-29)37(33,34)22-14-18(6)24(26(32)16(3)4)20(8)28(22)36-12-10-30/h9-10,13-14H,1,3,11-12H2,2,4-8H3. The number of aryl methyl sites for hydroxylation is 2. The van der Waals surface area contributed by atoms with E-state index < -0.39 is 23.1 Å². The Morgan fingerprint density at radius 1 is 0.757 bits per heavy atom. The lowest BCUT2D eigenvalue weighted by atomic mass is 9.95. The lowest BCUT2D eigenvalue weighted by Gasteiger charge is -2.21. The van der Waals surface area contributed by atoms with E-state index in [0.29, 0.717) is 23.7 Å². The number of carbonyl (C=O) groups is 4. The topological polar surface area (TPSA) is 121 Å². The lowest BCUT2D eigenvalue weighted by Crippen LogP contribution is -2.16. The van der Waals surface area contributed by atoms with E-state index in [9.17, 15) is 27.6 Å². The first-order valence-corrected chi connectivity index (χ1v) is 12.8. The molecule has 2 aromatic rings. The largest absolute Gasteiger partial charge is 0.484 e. The normalized spacial score (nSPS) is 11.0. The highest BCUT2D eigenvalue weighted by molar-refractivity contribution is 7.91. The summed E-state index contributed by atoms with van der Waals surface area (Å²) in [5.74, 6) is -1.11. The van der Waals surface area contributed by atoms with Gasteiger partial charge in [0.15, 0.2) is 24.1 Å². The van der Waals surface area contributed by atoms with Gasteiger partial charge in [-0.05, 0) is 75.9 Å². The minimum Gasteiger partial charge on any atom is -0.484 e. The average Bonchev–Trinajstić information content (AvgIpc) is 2.81. The zero-order valence-corrected chi connectivity index (χ0v) is 22.6. The molecule has 0 heterocycles. The molecular formula is C28H30O8S. The molecule has 0 aromatic heterocycles. The number of sulfone groups is 1. The predicted octanol–water partition coefficient (Wildman–Crippen LogP) is 4.43. The SMILES string of the molecule is C=C(C)C(=O)c1c(C)cc(S(=O)(=O)c2cc(C)c(C(=O)C(=C)C)c(C)c2OCC=O)c(OCC=O)c1C. The number of ketones is 2. The van der Waals surface area contributed by atoms with E-state index in [1.807, 2.05) is 0 Å². The van der Waals surface area contributed by atoms with Crippen LogP contribution in [-0.4, -0.2) is 45.8 Å². The molecule has 0 amide bonds. The predicted molar refractivity (Wildman–Crippen MR) is 139 cm³/mol. The van der Waals surface area contributed by atoms with Crippen molar-refractivity contribution in [1.82, 2.24) is 0 Å². The number of allylic oxidation sites excluding steroid dienone is 2. The van der Waals surface area contributed by atoms with Gasteiger partial charge in [0.05, 0.1) is 0 Å². The number of aldehydes is 2. The molecule has 0 bridgehead atoms. The highest BCUT2D eigenvalue weighted by Crippen LogP contribution is 2.42. The van der Waals surface area contributed by atoms with Crippen LogP contribution in [0.15, 0.2) is 46.2 Å². The molecule has 0 aliphatic rings. The molecule has 0 atom stereocenters. The molecule has 8 nitrogen and oxygen atoms in total. The summed E-state index contributed by atoms with van der Waals surface area (Å²) in [5, 5.41) is 0. The molecule has 0 radical (unpaired) electrons. The number of carbonyl (C=O) groups excluding carboxylic acids is 4. The van der Waals surface area contributed by atoms with Crippen molar-refractivity contribution >= 4 is 34.0 Å². The van der Waals surface area contributed by atoms with Crippen LogP contribution >= 0.6 is 0 Å². The van der Waals surface area contributed by atoms with Gasteiger partial charge in [-0.2, -0.15) is 0 Å².